The van der Waals surface area contributed by atoms with Crippen molar-refractivity contribution < 1.29 is 0 Å². The van der Waals surface area contributed by atoms with Crippen LogP contribution < -0.4 is 5.32 Å². The van der Waals surface area contributed by atoms with Crippen molar-refractivity contribution in [3.8, 4) is 0 Å². The Morgan fingerprint density at radius 2 is 2.38 bits per heavy atom. The summed E-state index contributed by atoms with van der Waals surface area (Å²) in [7, 11) is 0. The van der Waals surface area contributed by atoms with Crippen LogP contribution in [0.4, 0.5) is 5.69 Å². The van der Waals surface area contributed by atoms with Gasteiger partial charge >= 0.3 is 0 Å². The van der Waals surface area contributed by atoms with Crippen LogP contribution in [0.1, 0.15) is 26.0 Å². The highest BCUT2D eigenvalue weighted by Gasteiger charge is 2.20. The Balaban J connectivity index is 2.20. The number of aromatic nitrogens is 1. The Labute approximate surface area is 79.4 Å². The van der Waals surface area contributed by atoms with Crippen molar-refractivity contribution in [3.05, 3.63) is 24.0 Å². The van der Waals surface area contributed by atoms with Gasteiger partial charge in [-0.2, -0.15) is 0 Å². The zero-order chi connectivity index (χ0) is 9.26. The molecule has 0 amide bonds. The lowest BCUT2D eigenvalue weighted by Crippen LogP contribution is -2.30. The molecule has 0 saturated carbocycles. The van der Waals surface area contributed by atoms with Gasteiger partial charge in [0.05, 0.1) is 11.4 Å². The maximum Gasteiger partial charge on any atom is 0.0635 e. The molecule has 2 rings (SSSR count). The Kier molecular flexibility index (Phi) is 2.21. The molecule has 1 aliphatic heterocycles. The zero-order valence-electron chi connectivity index (χ0n) is 8.25. The van der Waals surface area contributed by atoms with Gasteiger partial charge in [0.25, 0.3) is 0 Å². The van der Waals surface area contributed by atoms with Crippen LogP contribution in [0, 0.1) is 5.92 Å². The molecule has 1 atom stereocenters. The molecule has 1 aromatic heterocycles. The minimum Gasteiger partial charge on any atom is -0.381 e. The quantitative estimate of drug-likeness (QED) is 0.711. The number of hydrogen-bond donors (Lipinski definition) is 1. The van der Waals surface area contributed by atoms with Gasteiger partial charge in [-0.25, -0.2) is 0 Å². The topological polar surface area (TPSA) is 24.9 Å². The van der Waals surface area contributed by atoms with Crippen LogP contribution in [0.25, 0.3) is 0 Å². The molecule has 2 nitrogen and oxygen atoms in total. The minimum absolute atomic E-state index is 0.622. The van der Waals surface area contributed by atoms with Crippen molar-refractivity contribution in [3.63, 3.8) is 0 Å². The maximum absolute atomic E-state index is 4.35. The molecule has 2 heterocycles. The van der Waals surface area contributed by atoms with E-state index >= 15 is 0 Å². The van der Waals surface area contributed by atoms with Gasteiger partial charge in [-0.15, -0.1) is 0 Å². The average molecular weight is 176 g/mol. The molecule has 0 fully saturated rings. The second-order valence-electron chi connectivity index (χ2n) is 4.03. The first-order chi connectivity index (χ1) is 6.27. The predicted molar refractivity (Wildman–Crippen MR) is 54.8 cm³/mol. The third-order valence-corrected chi connectivity index (χ3v) is 2.73. The van der Waals surface area contributed by atoms with E-state index < -0.39 is 0 Å². The normalized spacial score (nSPS) is 21.0. The second kappa shape index (κ2) is 3.36. The van der Waals surface area contributed by atoms with Gasteiger partial charge in [0.2, 0.25) is 0 Å². The van der Waals surface area contributed by atoms with Crippen LogP contribution in [-0.2, 0) is 6.42 Å². The van der Waals surface area contributed by atoms with E-state index in [-0.39, 0.29) is 0 Å². The molecule has 70 valence electrons. The molecule has 1 N–H and O–H groups in total. The number of nitrogens with one attached hydrogen (secondary N) is 1. The van der Waals surface area contributed by atoms with Gasteiger partial charge in [-0.1, -0.05) is 13.8 Å². The van der Waals surface area contributed by atoms with E-state index in [1.165, 1.54) is 17.8 Å². The van der Waals surface area contributed by atoms with Crippen molar-refractivity contribution in [2.45, 2.75) is 32.7 Å². The van der Waals surface area contributed by atoms with Crippen LogP contribution in [0.5, 0.6) is 0 Å². The molecule has 0 spiro atoms. The molecule has 0 aromatic carbocycles. The van der Waals surface area contributed by atoms with E-state index in [1.54, 1.807) is 0 Å². The van der Waals surface area contributed by atoms with Crippen molar-refractivity contribution in [1.29, 1.82) is 0 Å². The molecule has 1 unspecified atom stereocenters. The van der Waals surface area contributed by atoms with Gasteiger partial charge in [0.1, 0.15) is 0 Å². The fourth-order valence-electron chi connectivity index (χ4n) is 1.83. The number of pyridine rings is 1. The number of nitrogens with zero attached hydrogens (tertiary/aromatic N) is 1. The first-order valence-electron chi connectivity index (χ1n) is 4.98. The summed E-state index contributed by atoms with van der Waals surface area (Å²) < 4.78 is 0. The number of anilines is 1. The smallest absolute Gasteiger partial charge is 0.0635 e. The predicted octanol–water partition coefficient (Wildman–Crippen LogP) is 2.46. The van der Waals surface area contributed by atoms with E-state index in [0.29, 0.717) is 12.0 Å². The largest absolute Gasteiger partial charge is 0.381 e. The lowest BCUT2D eigenvalue weighted by Gasteiger charge is -2.28. The Hall–Kier alpha value is -1.05. The number of fused-ring (bicyclic) bond motifs is 1. The van der Waals surface area contributed by atoms with Crippen LogP contribution in [0.2, 0.25) is 0 Å². The van der Waals surface area contributed by atoms with Gasteiger partial charge < -0.3 is 5.32 Å². The Morgan fingerprint density at radius 3 is 3.15 bits per heavy atom. The van der Waals surface area contributed by atoms with Crippen molar-refractivity contribution in [1.82, 2.24) is 4.98 Å². The van der Waals surface area contributed by atoms with Crippen molar-refractivity contribution in [2.24, 2.45) is 5.92 Å². The molecule has 0 saturated heterocycles. The third kappa shape index (κ3) is 1.67. The van der Waals surface area contributed by atoms with E-state index in [0.717, 1.165) is 6.42 Å². The van der Waals surface area contributed by atoms with E-state index in [4.69, 9.17) is 0 Å². The van der Waals surface area contributed by atoms with Gasteiger partial charge in [0.15, 0.2) is 0 Å². The summed E-state index contributed by atoms with van der Waals surface area (Å²) in [5, 5.41) is 3.53. The average Bonchev–Trinajstić information content (AvgIpc) is 2.17. The summed E-state index contributed by atoms with van der Waals surface area (Å²) in [4.78, 5) is 4.35. The SMILES string of the molecule is CC(C)C1CCc2ncccc2N1. The lowest BCUT2D eigenvalue weighted by molar-refractivity contribution is 0.479. The second-order valence-corrected chi connectivity index (χ2v) is 4.03. The molecule has 2 heteroatoms. The van der Waals surface area contributed by atoms with E-state index in [9.17, 15) is 0 Å². The maximum atomic E-state index is 4.35. The number of hydrogen-bond acceptors (Lipinski definition) is 2. The summed E-state index contributed by atoms with van der Waals surface area (Å²) in [6, 6.07) is 4.74. The lowest BCUT2D eigenvalue weighted by atomic mass is 9.94. The standard InChI is InChI=1S/C11H16N2/c1-8(2)9-5-6-10-11(13-9)4-3-7-12-10/h3-4,7-9,13H,5-6H2,1-2H3. The molecule has 0 bridgehead atoms. The summed E-state index contributed by atoms with van der Waals surface area (Å²) in [5.41, 5.74) is 2.45. The number of aryl methyl sites for hydroxylation is 1. The molecular weight excluding hydrogens is 160 g/mol. The third-order valence-electron chi connectivity index (χ3n) is 2.73. The van der Waals surface area contributed by atoms with Crippen LogP contribution in [0.15, 0.2) is 18.3 Å². The van der Waals surface area contributed by atoms with E-state index in [1.807, 2.05) is 12.3 Å². The number of rotatable bonds is 1. The molecule has 1 aromatic rings. The molecule has 0 aliphatic carbocycles. The van der Waals surface area contributed by atoms with Gasteiger partial charge in [-0.05, 0) is 30.9 Å². The summed E-state index contributed by atoms with van der Waals surface area (Å²) >= 11 is 0. The molecule has 0 radical (unpaired) electrons. The highest BCUT2D eigenvalue weighted by molar-refractivity contribution is 5.50. The highest BCUT2D eigenvalue weighted by atomic mass is 15.0. The van der Waals surface area contributed by atoms with Gasteiger partial charge in [-0.3, -0.25) is 4.98 Å². The Bertz CT molecular complexity index is 294. The summed E-state index contributed by atoms with van der Waals surface area (Å²) in [6.45, 7) is 4.53. The zero-order valence-corrected chi connectivity index (χ0v) is 8.25. The fourth-order valence-corrected chi connectivity index (χ4v) is 1.83. The molecular formula is C11H16N2. The first kappa shape index (κ1) is 8.54. The first-order valence-corrected chi connectivity index (χ1v) is 4.98. The van der Waals surface area contributed by atoms with Gasteiger partial charge in [0, 0.05) is 12.2 Å². The van der Waals surface area contributed by atoms with Crippen LogP contribution in [-0.4, -0.2) is 11.0 Å². The molecule has 1 aliphatic rings. The van der Waals surface area contributed by atoms with Crippen LogP contribution in [0.3, 0.4) is 0 Å². The highest BCUT2D eigenvalue weighted by Crippen LogP contribution is 2.25. The minimum atomic E-state index is 0.622. The summed E-state index contributed by atoms with van der Waals surface area (Å²) in [6.07, 6.45) is 4.20. The fraction of sp³-hybridized carbons (Fsp3) is 0.545. The summed E-state index contributed by atoms with van der Waals surface area (Å²) in [5.74, 6) is 0.702. The van der Waals surface area contributed by atoms with Crippen molar-refractivity contribution in [2.75, 3.05) is 5.32 Å². The van der Waals surface area contributed by atoms with E-state index in [2.05, 4.69) is 30.2 Å². The molecule has 13 heavy (non-hydrogen) atoms. The Morgan fingerprint density at radius 1 is 1.54 bits per heavy atom. The van der Waals surface area contributed by atoms with Crippen LogP contribution >= 0.6 is 0 Å². The monoisotopic (exact) mass is 176 g/mol. The van der Waals surface area contributed by atoms with Crippen molar-refractivity contribution >= 4 is 5.69 Å².